The van der Waals surface area contributed by atoms with Gasteiger partial charge in [-0.3, -0.25) is 9.89 Å². The lowest BCUT2D eigenvalue weighted by Gasteiger charge is -2.35. The molecule has 0 aromatic carbocycles. The van der Waals surface area contributed by atoms with Crippen LogP contribution >= 0.6 is 24.0 Å². The minimum atomic E-state index is 0. The maximum atomic E-state index is 4.56. The summed E-state index contributed by atoms with van der Waals surface area (Å²) >= 11 is 0. The van der Waals surface area contributed by atoms with Gasteiger partial charge in [0, 0.05) is 44.6 Å². The highest BCUT2D eigenvalue weighted by molar-refractivity contribution is 14.0. The molecule has 1 saturated heterocycles. The molecular weight excluding hydrogens is 489 g/mol. The van der Waals surface area contributed by atoms with Crippen molar-refractivity contribution in [2.24, 2.45) is 4.99 Å². The van der Waals surface area contributed by atoms with Gasteiger partial charge in [-0.25, -0.2) is 9.67 Å². The molecule has 2 N–H and O–H groups in total. The average Bonchev–Trinajstić information content (AvgIpc) is 3.09. The van der Waals surface area contributed by atoms with E-state index in [-0.39, 0.29) is 24.0 Å². The van der Waals surface area contributed by atoms with E-state index in [0.717, 1.165) is 47.9 Å². The topological polar surface area (TPSA) is 70.4 Å². The molecular formula is C22H36IN7. The van der Waals surface area contributed by atoms with Gasteiger partial charge in [-0.2, -0.15) is 5.10 Å². The molecule has 8 heteroatoms. The van der Waals surface area contributed by atoms with Crippen molar-refractivity contribution in [3.8, 4) is 5.82 Å². The Morgan fingerprint density at radius 2 is 2.07 bits per heavy atom. The van der Waals surface area contributed by atoms with E-state index in [1.807, 2.05) is 37.8 Å². The van der Waals surface area contributed by atoms with Crippen LogP contribution in [0.5, 0.6) is 0 Å². The molecule has 0 saturated carbocycles. The zero-order valence-electron chi connectivity index (χ0n) is 18.7. The van der Waals surface area contributed by atoms with E-state index in [4.69, 9.17) is 0 Å². The maximum absolute atomic E-state index is 4.56. The fourth-order valence-electron chi connectivity index (χ4n) is 4.05. The van der Waals surface area contributed by atoms with Gasteiger partial charge in [0.2, 0.25) is 0 Å². The third-order valence-corrected chi connectivity index (χ3v) is 5.63. The fraction of sp³-hybridized carbons (Fsp3) is 0.591. The molecule has 1 aliphatic heterocycles. The van der Waals surface area contributed by atoms with E-state index >= 15 is 0 Å². The third-order valence-electron chi connectivity index (χ3n) is 5.63. The van der Waals surface area contributed by atoms with Crippen molar-refractivity contribution >= 4 is 29.9 Å². The number of pyridine rings is 1. The van der Waals surface area contributed by atoms with Crippen LogP contribution in [0.2, 0.25) is 0 Å². The highest BCUT2D eigenvalue weighted by atomic mass is 127. The van der Waals surface area contributed by atoms with E-state index in [1.165, 1.54) is 32.2 Å². The number of rotatable bonds is 7. The number of piperidine rings is 1. The van der Waals surface area contributed by atoms with Gasteiger partial charge in [-0.1, -0.05) is 19.4 Å². The van der Waals surface area contributed by atoms with E-state index < -0.39 is 0 Å². The van der Waals surface area contributed by atoms with Crippen molar-refractivity contribution in [2.45, 2.75) is 59.0 Å². The Balaban J connectivity index is 0.00000320. The van der Waals surface area contributed by atoms with E-state index in [1.54, 1.807) is 0 Å². The second-order valence-corrected chi connectivity index (χ2v) is 7.81. The number of aliphatic imine (C=N–C) groups is 1. The summed E-state index contributed by atoms with van der Waals surface area (Å²) in [5.41, 5.74) is 3.20. The molecule has 7 nitrogen and oxygen atoms in total. The molecule has 0 spiro atoms. The number of aromatic nitrogens is 3. The van der Waals surface area contributed by atoms with Gasteiger partial charge in [-0.05, 0) is 57.4 Å². The zero-order chi connectivity index (χ0) is 20.6. The largest absolute Gasteiger partial charge is 0.355 e. The molecule has 1 atom stereocenters. The zero-order valence-corrected chi connectivity index (χ0v) is 21.0. The van der Waals surface area contributed by atoms with E-state index in [0.29, 0.717) is 6.54 Å². The Kier molecular flexibility index (Phi) is 10.0. The molecule has 166 valence electrons. The van der Waals surface area contributed by atoms with Crippen molar-refractivity contribution in [3.05, 3.63) is 41.3 Å². The van der Waals surface area contributed by atoms with Crippen LogP contribution in [0, 0.1) is 13.8 Å². The molecule has 1 unspecified atom stereocenters. The highest BCUT2D eigenvalue weighted by Gasteiger charge is 2.19. The second kappa shape index (κ2) is 12.2. The lowest BCUT2D eigenvalue weighted by atomic mass is 10.0. The van der Waals surface area contributed by atoms with E-state index in [9.17, 15) is 0 Å². The molecule has 3 heterocycles. The molecule has 3 rings (SSSR count). The van der Waals surface area contributed by atoms with Crippen molar-refractivity contribution < 1.29 is 0 Å². The van der Waals surface area contributed by atoms with Crippen LogP contribution in [0.3, 0.4) is 0 Å². The van der Waals surface area contributed by atoms with Gasteiger partial charge in [0.25, 0.3) is 0 Å². The number of hydrogen-bond donors (Lipinski definition) is 2. The number of guanidine groups is 1. The van der Waals surface area contributed by atoms with Crippen molar-refractivity contribution in [3.63, 3.8) is 0 Å². The lowest BCUT2D eigenvalue weighted by molar-refractivity contribution is 0.147. The monoisotopic (exact) mass is 525 g/mol. The van der Waals surface area contributed by atoms with Crippen molar-refractivity contribution in [1.82, 2.24) is 30.3 Å². The van der Waals surface area contributed by atoms with Crippen molar-refractivity contribution in [1.29, 1.82) is 0 Å². The summed E-state index contributed by atoms with van der Waals surface area (Å²) in [4.78, 5) is 11.5. The van der Waals surface area contributed by atoms with Gasteiger partial charge in [0.05, 0.1) is 5.69 Å². The van der Waals surface area contributed by atoms with Crippen LogP contribution in [0.25, 0.3) is 5.82 Å². The number of aryl methyl sites for hydroxylation is 2. The van der Waals surface area contributed by atoms with Gasteiger partial charge < -0.3 is 10.6 Å². The first-order chi connectivity index (χ1) is 14.1. The van der Waals surface area contributed by atoms with Gasteiger partial charge in [0.1, 0.15) is 0 Å². The normalized spacial score (nSPS) is 17.5. The van der Waals surface area contributed by atoms with Crippen LogP contribution < -0.4 is 10.6 Å². The Labute approximate surface area is 197 Å². The molecule has 2 aromatic rings. The molecule has 1 aliphatic rings. The summed E-state index contributed by atoms with van der Waals surface area (Å²) < 4.78 is 1.87. The Morgan fingerprint density at radius 1 is 1.23 bits per heavy atom. The first-order valence-electron chi connectivity index (χ1n) is 10.8. The Hall–Kier alpha value is -1.68. The molecule has 0 radical (unpaired) electrons. The minimum absolute atomic E-state index is 0. The third kappa shape index (κ3) is 6.66. The van der Waals surface area contributed by atoms with Gasteiger partial charge in [-0.15, -0.1) is 24.0 Å². The van der Waals surface area contributed by atoms with Gasteiger partial charge >= 0.3 is 0 Å². The average molecular weight is 525 g/mol. The summed E-state index contributed by atoms with van der Waals surface area (Å²) in [7, 11) is 1.81. The summed E-state index contributed by atoms with van der Waals surface area (Å²) in [5, 5.41) is 11.3. The predicted molar refractivity (Wildman–Crippen MR) is 134 cm³/mol. The van der Waals surface area contributed by atoms with Crippen LogP contribution in [0.15, 0.2) is 29.4 Å². The van der Waals surface area contributed by atoms with Crippen LogP contribution in [0.1, 0.15) is 49.6 Å². The van der Waals surface area contributed by atoms with Crippen LogP contribution in [-0.4, -0.2) is 58.3 Å². The lowest BCUT2D eigenvalue weighted by Crippen LogP contribution is -2.45. The molecule has 0 amide bonds. The number of halogens is 1. The first-order valence-corrected chi connectivity index (χ1v) is 10.8. The SMILES string of the molecule is CCC1CCCCN1CCNC(=NC)NCc1ccc(-n2nc(C)cc2C)nc1.I. The number of likely N-dealkylation sites (tertiary alicyclic amines) is 1. The summed E-state index contributed by atoms with van der Waals surface area (Å²) in [6.45, 7) is 10.2. The smallest absolute Gasteiger partial charge is 0.191 e. The minimum Gasteiger partial charge on any atom is -0.355 e. The summed E-state index contributed by atoms with van der Waals surface area (Å²) in [6.07, 6.45) is 7.17. The highest BCUT2D eigenvalue weighted by Crippen LogP contribution is 2.18. The first kappa shape index (κ1) is 24.6. The fourth-order valence-corrected chi connectivity index (χ4v) is 4.05. The molecule has 1 fully saturated rings. The summed E-state index contributed by atoms with van der Waals surface area (Å²) in [6, 6.07) is 6.89. The predicted octanol–water partition coefficient (Wildman–Crippen LogP) is 3.43. The number of hydrogen-bond acceptors (Lipinski definition) is 4. The van der Waals surface area contributed by atoms with Crippen LogP contribution in [0.4, 0.5) is 0 Å². The molecule has 0 aliphatic carbocycles. The number of nitrogens with zero attached hydrogens (tertiary/aromatic N) is 5. The second-order valence-electron chi connectivity index (χ2n) is 7.81. The Bertz CT molecular complexity index is 800. The molecule has 0 bridgehead atoms. The van der Waals surface area contributed by atoms with E-state index in [2.05, 4.69) is 49.7 Å². The number of nitrogens with one attached hydrogen (secondary N) is 2. The quantitative estimate of drug-likeness (QED) is 0.330. The summed E-state index contributed by atoms with van der Waals surface area (Å²) in [5.74, 6) is 1.67. The standard InChI is InChI=1S/C22H35N7.HI/c1-5-20-8-6-7-12-28(20)13-11-24-22(23-4)26-16-19-9-10-21(25-15-19)29-18(3)14-17(2)27-29;/h9-10,14-15,20H,5-8,11-13,16H2,1-4H3,(H2,23,24,26);1H. The molecule has 2 aromatic heterocycles. The van der Waals surface area contributed by atoms with Gasteiger partial charge in [0.15, 0.2) is 11.8 Å². The van der Waals surface area contributed by atoms with Crippen molar-refractivity contribution in [2.75, 3.05) is 26.7 Å². The van der Waals surface area contributed by atoms with Crippen LogP contribution in [-0.2, 0) is 6.54 Å². The molecule has 30 heavy (non-hydrogen) atoms. The Morgan fingerprint density at radius 3 is 2.70 bits per heavy atom. The maximum Gasteiger partial charge on any atom is 0.191 e.